The van der Waals surface area contributed by atoms with Crippen LogP contribution in [0.5, 0.6) is 0 Å². The van der Waals surface area contributed by atoms with Gasteiger partial charge in [-0.1, -0.05) is 72.8 Å². The molecule has 0 fully saturated rings. The van der Waals surface area contributed by atoms with Crippen LogP contribution in [0.15, 0.2) is 97.1 Å². The third-order valence-corrected chi connectivity index (χ3v) is 7.35. The van der Waals surface area contributed by atoms with Crippen LogP contribution in [0.2, 0.25) is 0 Å². The molecule has 0 amide bonds. The van der Waals surface area contributed by atoms with Gasteiger partial charge in [-0.15, -0.1) is 0 Å². The standard InChI is InChI=1S/C36H37FN2O3/c1-3-41-22-21-39-33-16-9-8-15-31(33)35(36(39)28-12-6-5-7-13-28)29-14-10-11-26(23-29)25-38-30-19-17-27(32(37)24-30)18-20-34(40)42-4-2/h5-17,19,23-24,38H,3-4,18,20-22,25H2,1-2H3. The summed E-state index contributed by atoms with van der Waals surface area (Å²) >= 11 is 0. The quantitative estimate of drug-likeness (QED) is 0.116. The van der Waals surface area contributed by atoms with Gasteiger partial charge in [0.15, 0.2) is 0 Å². The number of anilines is 1. The molecule has 0 bridgehead atoms. The Balaban J connectivity index is 1.43. The summed E-state index contributed by atoms with van der Waals surface area (Å²) < 4.78 is 27.8. The van der Waals surface area contributed by atoms with Gasteiger partial charge in [0, 0.05) is 48.3 Å². The van der Waals surface area contributed by atoms with Crippen molar-refractivity contribution in [3.8, 4) is 22.4 Å². The maximum absolute atomic E-state index is 14.8. The average molecular weight is 565 g/mol. The number of rotatable bonds is 13. The minimum Gasteiger partial charge on any atom is -0.466 e. The molecule has 5 aromatic rings. The fourth-order valence-electron chi connectivity index (χ4n) is 5.40. The van der Waals surface area contributed by atoms with Gasteiger partial charge in [-0.3, -0.25) is 4.79 Å². The van der Waals surface area contributed by atoms with E-state index in [2.05, 4.69) is 82.7 Å². The Kier molecular flexibility index (Phi) is 9.67. The Hall–Kier alpha value is -4.42. The summed E-state index contributed by atoms with van der Waals surface area (Å²) in [7, 11) is 0. The van der Waals surface area contributed by atoms with Crippen LogP contribution in [0, 0.1) is 5.82 Å². The molecule has 0 atom stereocenters. The van der Waals surface area contributed by atoms with Crippen LogP contribution in [-0.2, 0) is 33.8 Å². The Bertz CT molecular complexity index is 1640. The molecule has 4 aromatic carbocycles. The molecule has 1 heterocycles. The van der Waals surface area contributed by atoms with Crippen LogP contribution in [-0.4, -0.2) is 30.4 Å². The van der Waals surface area contributed by atoms with Gasteiger partial charge in [0.25, 0.3) is 0 Å². The molecule has 6 heteroatoms. The fraction of sp³-hybridized carbons (Fsp3) is 0.250. The maximum Gasteiger partial charge on any atom is 0.306 e. The molecular formula is C36H37FN2O3. The lowest BCUT2D eigenvalue weighted by molar-refractivity contribution is -0.143. The van der Waals surface area contributed by atoms with Gasteiger partial charge in [-0.05, 0) is 66.8 Å². The number of hydrogen-bond acceptors (Lipinski definition) is 4. The molecule has 0 aliphatic heterocycles. The molecule has 5 rings (SSSR count). The van der Waals surface area contributed by atoms with E-state index in [4.69, 9.17) is 9.47 Å². The van der Waals surface area contributed by atoms with Crippen LogP contribution in [0.25, 0.3) is 33.3 Å². The van der Waals surface area contributed by atoms with Gasteiger partial charge in [0.2, 0.25) is 0 Å². The van der Waals surface area contributed by atoms with Crippen molar-refractivity contribution in [2.75, 3.05) is 25.1 Å². The first kappa shape index (κ1) is 29.1. The molecule has 0 saturated heterocycles. The summed E-state index contributed by atoms with van der Waals surface area (Å²) in [6.07, 6.45) is 0.478. The van der Waals surface area contributed by atoms with Crippen molar-refractivity contribution in [3.63, 3.8) is 0 Å². The van der Waals surface area contributed by atoms with E-state index in [1.807, 2.05) is 19.1 Å². The normalized spacial score (nSPS) is 11.1. The van der Waals surface area contributed by atoms with Gasteiger partial charge < -0.3 is 19.4 Å². The molecule has 1 aromatic heterocycles. The summed E-state index contributed by atoms with van der Waals surface area (Å²) in [6, 6.07) is 32.6. The van der Waals surface area contributed by atoms with Crippen molar-refractivity contribution in [1.82, 2.24) is 4.57 Å². The van der Waals surface area contributed by atoms with Crippen LogP contribution < -0.4 is 5.32 Å². The molecule has 0 aliphatic carbocycles. The smallest absolute Gasteiger partial charge is 0.306 e. The van der Waals surface area contributed by atoms with Crippen LogP contribution in [0.3, 0.4) is 0 Å². The number of fused-ring (bicyclic) bond motifs is 1. The first-order valence-electron chi connectivity index (χ1n) is 14.6. The number of aromatic nitrogens is 1. The van der Waals surface area contributed by atoms with Crippen molar-refractivity contribution in [1.29, 1.82) is 0 Å². The average Bonchev–Trinajstić information content (AvgIpc) is 3.34. The highest BCUT2D eigenvalue weighted by Gasteiger charge is 2.20. The van der Waals surface area contributed by atoms with Gasteiger partial charge in [-0.2, -0.15) is 0 Å². The van der Waals surface area contributed by atoms with Gasteiger partial charge in [0.1, 0.15) is 5.82 Å². The number of nitrogens with zero attached hydrogens (tertiary/aromatic N) is 1. The Morgan fingerprint density at radius 3 is 2.43 bits per heavy atom. The Labute approximate surface area is 246 Å². The number of benzene rings is 4. The van der Waals surface area contributed by atoms with Crippen molar-refractivity contribution in [2.24, 2.45) is 0 Å². The molecule has 0 spiro atoms. The Morgan fingerprint density at radius 1 is 0.857 bits per heavy atom. The third kappa shape index (κ3) is 6.72. The Morgan fingerprint density at radius 2 is 1.64 bits per heavy atom. The van der Waals surface area contributed by atoms with E-state index in [9.17, 15) is 9.18 Å². The molecule has 1 N–H and O–H groups in total. The number of aryl methyl sites for hydroxylation is 1. The SMILES string of the molecule is CCOCCn1c(-c2ccccc2)c(-c2cccc(CNc3ccc(CCC(=O)OCC)c(F)c3)c2)c2ccccc21. The summed E-state index contributed by atoms with van der Waals surface area (Å²) in [6.45, 7) is 6.72. The van der Waals surface area contributed by atoms with Gasteiger partial charge in [0.05, 0.1) is 18.9 Å². The predicted molar refractivity (Wildman–Crippen MR) is 168 cm³/mol. The molecule has 0 radical (unpaired) electrons. The molecule has 5 nitrogen and oxygen atoms in total. The first-order chi connectivity index (χ1) is 20.6. The summed E-state index contributed by atoms with van der Waals surface area (Å²) in [5, 5.41) is 4.56. The molecular weight excluding hydrogens is 527 g/mol. The molecule has 0 unspecified atom stereocenters. The number of carbonyl (C=O) groups excluding carboxylic acids is 1. The number of hydrogen-bond donors (Lipinski definition) is 1. The zero-order valence-electron chi connectivity index (χ0n) is 24.2. The number of nitrogens with one attached hydrogen (secondary N) is 1. The lowest BCUT2D eigenvalue weighted by atomic mass is 9.97. The number of esters is 1. The maximum atomic E-state index is 14.8. The van der Waals surface area contributed by atoms with E-state index in [1.54, 1.807) is 13.0 Å². The highest BCUT2D eigenvalue weighted by molar-refractivity contribution is 6.04. The summed E-state index contributed by atoms with van der Waals surface area (Å²) in [5.41, 5.74) is 8.09. The van der Waals surface area contributed by atoms with Gasteiger partial charge >= 0.3 is 5.97 Å². The van der Waals surface area contributed by atoms with E-state index in [-0.39, 0.29) is 18.2 Å². The number of para-hydroxylation sites is 1. The second kappa shape index (κ2) is 14.0. The molecule has 0 aliphatic rings. The zero-order chi connectivity index (χ0) is 29.3. The monoisotopic (exact) mass is 564 g/mol. The third-order valence-electron chi connectivity index (χ3n) is 7.35. The zero-order valence-corrected chi connectivity index (χ0v) is 24.2. The topological polar surface area (TPSA) is 52.5 Å². The second-order valence-electron chi connectivity index (χ2n) is 10.1. The number of carbonyl (C=O) groups is 1. The predicted octanol–water partition coefficient (Wildman–Crippen LogP) is 8.26. The van der Waals surface area contributed by atoms with E-state index in [0.717, 1.165) is 23.2 Å². The molecule has 216 valence electrons. The molecule has 0 saturated carbocycles. The van der Waals surface area contributed by atoms with Crippen molar-refractivity contribution >= 4 is 22.6 Å². The largest absolute Gasteiger partial charge is 0.466 e. The highest BCUT2D eigenvalue weighted by atomic mass is 19.1. The van der Waals surface area contributed by atoms with E-state index >= 15 is 0 Å². The number of ether oxygens (including phenoxy) is 2. The summed E-state index contributed by atoms with van der Waals surface area (Å²) in [5.74, 6) is -0.641. The van der Waals surface area contributed by atoms with E-state index in [0.29, 0.717) is 44.0 Å². The van der Waals surface area contributed by atoms with Gasteiger partial charge in [-0.25, -0.2) is 4.39 Å². The van der Waals surface area contributed by atoms with Crippen molar-refractivity contribution in [3.05, 3.63) is 114 Å². The number of halogens is 1. The van der Waals surface area contributed by atoms with Crippen LogP contribution in [0.4, 0.5) is 10.1 Å². The second-order valence-corrected chi connectivity index (χ2v) is 10.1. The summed E-state index contributed by atoms with van der Waals surface area (Å²) in [4.78, 5) is 11.7. The minimum absolute atomic E-state index is 0.164. The van der Waals surface area contributed by atoms with Crippen molar-refractivity contribution in [2.45, 2.75) is 39.8 Å². The molecule has 42 heavy (non-hydrogen) atoms. The highest BCUT2D eigenvalue weighted by Crippen LogP contribution is 2.41. The van der Waals surface area contributed by atoms with Crippen LogP contribution in [0.1, 0.15) is 31.4 Å². The fourth-order valence-corrected chi connectivity index (χ4v) is 5.40. The van der Waals surface area contributed by atoms with E-state index in [1.165, 1.54) is 28.2 Å². The lowest BCUT2D eigenvalue weighted by Gasteiger charge is -2.14. The van der Waals surface area contributed by atoms with Crippen molar-refractivity contribution < 1.29 is 18.7 Å². The van der Waals surface area contributed by atoms with E-state index < -0.39 is 0 Å². The first-order valence-corrected chi connectivity index (χ1v) is 14.6. The van der Waals surface area contributed by atoms with Crippen LogP contribution >= 0.6 is 0 Å². The lowest BCUT2D eigenvalue weighted by Crippen LogP contribution is -2.07. The minimum atomic E-state index is -0.328.